The second kappa shape index (κ2) is 3.57. The first-order chi connectivity index (χ1) is 5.65. The highest BCUT2D eigenvalue weighted by atomic mass is 16.1. The molecule has 2 heteroatoms. The van der Waals surface area contributed by atoms with Crippen LogP contribution in [0, 0.1) is 6.92 Å². The molecule has 0 aliphatic rings. The van der Waals surface area contributed by atoms with Gasteiger partial charge in [-0.25, -0.2) is 0 Å². The summed E-state index contributed by atoms with van der Waals surface area (Å²) in [5.41, 5.74) is 2.07. The second-order valence-corrected chi connectivity index (χ2v) is 3.27. The van der Waals surface area contributed by atoms with E-state index in [4.69, 9.17) is 0 Å². The number of hydrogen-bond acceptors (Lipinski definition) is 1. The van der Waals surface area contributed by atoms with Crippen LogP contribution < -0.4 is 5.56 Å². The molecule has 1 aromatic rings. The van der Waals surface area contributed by atoms with E-state index in [1.807, 2.05) is 13.0 Å². The number of aromatic amines is 1. The van der Waals surface area contributed by atoms with E-state index in [1.54, 1.807) is 6.20 Å². The van der Waals surface area contributed by atoms with Crippen LogP contribution in [0.25, 0.3) is 0 Å². The van der Waals surface area contributed by atoms with Crippen LogP contribution in [0.2, 0.25) is 0 Å². The molecule has 0 aromatic carbocycles. The molecule has 0 aliphatic heterocycles. The van der Waals surface area contributed by atoms with Crippen LogP contribution in [0.15, 0.2) is 17.1 Å². The van der Waals surface area contributed by atoms with E-state index < -0.39 is 0 Å². The number of H-pyrrole nitrogens is 1. The lowest BCUT2D eigenvalue weighted by Gasteiger charge is -2.07. The zero-order chi connectivity index (χ0) is 9.14. The van der Waals surface area contributed by atoms with E-state index in [1.165, 1.54) is 0 Å². The molecule has 2 nitrogen and oxygen atoms in total. The Bertz CT molecular complexity index is 314. The average Bonchev–Trinajstić information content (AvgIpc) is 2.08. The Kier molecular flexibility index (Phi) is 2.69. The highest BCUT2D eigenvalue weighted by Gasteiger charge is 2.06. The molecule has 66 valence electrons. The van der Waals surface area contributed by atoms with Gasteiger partial charge >= 0.3 is 0 Å². The molecule has 0 fully saturated rings. The average molecular weight is 165 g/mol. The Balaban J connectivity index is 3.13. The van der Waals surface area contributed by atoms with Crippen molar-refractivity contribution in [1.29, 1.82) is 0 Å². The van der Waals surface area contributed by atoms with Crippen molar-refractivity contribution in [3.8, 4) is 0 Å². The summed E-state index contributed by atoms with van der Waals surface area (Å²) in [5.74, 6) is 0.355. The summed E-state index contributed by atoms with van der Waals surface area (Å²) in [6.07, 6.45) is 2.75. The number of aryl methyl sites for hydroxylation is 1. The Hall–Kier alpha value is -1.05. The van der Waals surface area contributed by atoms with Crippen molar-refractivity contribution >= 4 is 0 Å². The van der Waals surface area contributed by atoms with Crippen LogP contribution in [0.5, 0.6) is 0 Å². The maximum absolute atomic E-state index is 11.3. The predicted octanol–water partition coefficient (Wildman–Crippen LogP) is 2.20. The van der Waals surface area contributed by atoms with Crippen LogP contribution in [0.3, 0.4) is 0 Å². The summed E-state index contributed by atoms with van der Waals surface area (Å²) in [4.78, 5) is 14.0. The van der Waals surface area contributed by atoms with Crippen LogP contribution >= 0.6 is 0 Å². The van der Waals surface area contributed by atoms with E-state index in [-0.39, 0.29) is 5.56 Å². The monoisotopic (exact) mass is 165 g/mol. The minimum atomic E-state index is 0.0509. The van der Waals surface area contributed by atoms with E-state index in [0.29, 0.717) is 5.92 Å². The van der Waals surface area contributed by atoms with Gasteiger partial charge in [-0.05, 0) is 30.9 Å². The molecule has 12 heavy (non-hydrogen) atoms. The van der Waals surface area contributed by atoms with Gasteiger partial charge in [0.25, 0.3) is 5.56 Å². The quantitative estimate of drug-likeness (QED) is 0.716. The highest BCUT2D eigenvalue weighted by molar-refractivity contribution is 5.19. The van der Waals surface area contributed by atoms with E-state index >= 15 is 0 Å². The molecule has 0 radical (unpaired) electrons. The summed E-state index contributed by atoms with van der Waals surface area (Å²) >= 11 is 0. The van der Waals surface area contributed by atoms with Crippen molar-refractivity contribution in [3.63, 3.8) is 0 Å². The fraction of sp³-hybridized carbons (Fsp3) is 0.500. The molecule has 0 aliphatic carbocycles. The number of aromatic nitrogens is 1. The SMILES string of the molecule is CCC(C)c1cc(C)c[nH]c1=O. The largest absolute Gasteiger partial charge is 0.329 e. The number of pyridine rings is 1. The Labute approximate surface area is 72.6 Å². The smallest absolute Gasteiger partial charge is 0.251 e. The van der Waals surface area contributed by atoms with Gasteiger partial charge in [-0.15, -0.1) is 0 Å². The molecule has 1 unspecified atom stereocenters. The topological polar surface area (TPSA) is 32.9 Å². The number of nitrogens with one attached hydrogen (secondary N) is 1. The fourth-order valence-electron chi connectivity index (χ4n) is 1.20. The molecule has 1 heterocycles. The molecule has 1 N–H and O–H groups in total. The zero-order valence-corrected chi connectivity index (χ0v) is 7.85. The summed E-state index contributed by atoms with van der Waals surface area (Å²) in [5, 5.41) is 0. The van der Waals surface area contributed by atoms with E-state index in [0.717, 1.165) is 17.5 Å². The predicted molar refractivity (Wildman–Crippen MR) is 50.5 cm³/mol. The van der Waals surface area contributed by atoms with E-state index in [9.17, 15) is 4.79 Å². The lowest BCUT2D eigenvalue weighted by molar-refractivity contribution is 0.721. The lowest BCUT2D eigenvalue weighted by Crippen LogP contribution is -2.14. The molecular formula is C10H15NO. The van der Waals surface area contributed by atoms with Gasteiger partial charge in [0.05, 0.1) is 0 Å². The highest BCUT2D eigenvalue weighted by Crippen LogP contribution is 2.14. The minimum absolute atomic E-state index is 0.0509. The van der Waals surface area contributed by atoms with Gasteiger partial charge in [-0.3, -0.25) is 4.79 Å². The molecular weight excluding hydrogens is 150 g/mol. The van der Waals surface area contributed by atoms with Crippen molar-refractivity contribution in [3.05, 3.63) is 33.7 Å². The Morgan fingerprint density at radius 1 is 1.58 bits per heavy atom. The van der Waals surface area contributed by atoms with Crippen molar-refractivity contribution in [2.45, 2.75) is 33.1 Å². The lowest BCUT2D eigenvalue weighted by atomic mass is 9.99. The molecule has 0 spiro atoms. The summed E-state index contributed by atoms with van der Waals surface area (Å²) in [7, 11) is 0. The summed E-state index contributed by atoms with van der Waals surface area (Å²) < 4.78 is 0. The molecule has 0 saturated carbocycles. The van der Waals surface area contributed by atoms with Gasteiger partial charge in [-0.2, -0.15) is 0 Å². The van der Waals surface area contributed by atoms with Gasteiger partial charge in [0.2, 0.25) is 0 Å². The van der Waals surface area contributed by atoms with Crippen molar-refractivity contribution in [2.24, 2.45) is 0 Å². The molecule has 0 amide bonds. The van der Waals surface area contributed by atoms with Gasteiger partial charge in [0.1, 0.15) is 0 Å². The molecule has 0 bridgehead atoms. The maximum Gasteiger partial charge on any atom is 0.251 e. The fourth-order valence-corrected chi connectivity index (χ4v) is 1.20. The normalized spacial score (nSPS) is 12.9. The van der Waals surface area contributed by atoms with Crippen LogP contribution in [0.4, 0.5) is 0 Å². The summed E-state index contributed by atoms with van der Waals surface area (Å²) in [6.45, 7) is 6.15. The number of hydrogen-bond donors (Lipinski definition) is 1. The molecule has 0 saturated heterocycles. The van der Waals surface area contributed by atoms with E-state index in [2.05, 4.69) is 18.8 Å². The van der Waals surface area contributed by atoms with Crippen molar-refractivity contribution < 1.29 is 0 Å². The second-order valence-electron chi connectivity index (χ2n) is 3.27. The molecule has 1 aromatic heterocycles. The minimum Gasteiger partial charge on any atom is -0.329 e. The molecule has 1 rings (SSSR count). The van der Waals surface area contributed by atoms with Gasteiger partial charge in [0, 0.05) is 11.8 Å². The van der Waals surface area contributed by atoms with Crippen molar-refractivity contribution in [2.75, 3.05) is 0 Å². The first kappa shape index (κ1) is 9.04. The maximum atomic E-state index is 11.3. The Morgan fingerprint density at radius 2 is 2.25 bits per heavy atom. The van der Waals surface area contributed by atoms with Crippen LogP contribution in [-0.2, 0) is 0 Å². The first-order valence-electron chi connectivity index (χ1n) is 4.34. The van der Waals surface area contributed by atoms with Crippen molar-refractivity contribution in [1.82, 2.24) is 4.98 Å². The third kappa shape index (κ3) is 1.76. The van der Waals surface area contributed by atoms with Gasteiger partial charge in [-0.1, -0.05) is 13.8 Å². The third-order valence-corrected chi connectivity index (χ3v) is 2.22. The van der Waals surface area contributed by atoms with Crippen LogP contribution in [0.1, 0.15) is 37.3 Å². The standard InChI is InChI=1S/C10H15NO/c1-4-8(3)9-5-7(2)6-11-10(9)12/h5-6,8H,4H2,1-3H3,(H,11,12). The molecule has 1 atom stereocenters. The number of rotatable bonds is 2. The van der Waals surface area contributed by atoms with Gasteiger partial charge in [0.15, 0.2) is 0 Å². The third-order valence-electron chi connectivity index (χ3n) is 2.22. The van der Waals surface area contributed by atoms with Gasteiger partial charge < -0.3 is 4.98 Å². The zero-order valence-electron chi connectivity index (χ0n) is 7.85. The van der Waals surface area contributed by atoms with Crippen LogP contribution in [-0.4, -0.2) is 4.98 Å². The summed E-state index contributed by atoms with van der Waals surface area (Å²) in [6, 6.07) is 1.97. The first-order valence-corrected chi connectivity index (χ1v) is 4.34. The Morgan fingerprint density at radius 3 is 2.83 bits per heavy atom.